The van der Waals surface area contributed by atoms with Crippen LogP contribution in [0.4, 0.5) is 0 Å². The predicted molar refractivity (Wildman–Crippen MR) is 81.1 cm³/mol. The van der Waals surface area contributed by atoms with E-state index >= 15 is 0 Å². The molecule has 0 aliphatic heterocycles. The minimum absolute atomic E-state index is 0.127. The molecule has 4 nitrogen and oxygen atoms in total. The lowest BCUT2D eigenvalue weighted by atomic mass is 9.67. The zero-order valence-electron chi connectivity index (χ0n) is 11.7. The van der Waals surface area contributed by atoms with E-state index < -0.39 is 10.0 Å². The van der Waals surface area contributed by atoms with Gasteiger partial charge in [0.1, 0.15) is 4.90 Å². The van der Waals surface area contributed by atoms with Crippen molar-refractivity contribution in [1.82, 2.24) is 4.72 Å². The fourth-order valence-corrected chi connectivity index (χ4v) is 4.27. The van der Waals surface area contributed by atoms with Crippen molar-refractivity contribution >= 4 is 21.6 Å². The molecule has 2 rings (SSSR count). The Morgan fingerprint density at radius 3 is 2.55 bits per heavy atom. The zero-order valence-corrected chi connectivity index (χ0v) is 13.2. The van der Waals surface area contributed by atoms with Gasteiger partial charge in [-0.3, -0.25) is 0 Å². The van der Waals surface area contributed by atoms with E-state index in [9.17, 15) is 8.42 Å². The molecule has 3 N–H and O–H groups in total. The van der Waals surface area contributed by atoms with Crippen LogP contribution < -0.4 is 10.5 Å². The Balaban J connectivity index is 2.14. The van der Waals surface area contributed by atoms with Gasteiger partial charge in [0.05, 0.1) is 5.02 Å². The van der Waals surface area contributed by atoms with Crippen LogP contribution >= 0.6 is 11.6 Å². The van der Waals surface area contributed by atoms with Crippen molar-refractivity contribution in [3.8, 4) is 0 Å². The summed E-state index contributed by atoms with van der Waals surface area (Å²) in [6, 6.07) is 4.82. The summed E-state index contributed by atoms with van der Waals surface area (Å²) in [7, 11) is -3.56. The van der Waals surface area contributed by atoms with Crippen molar-refractivity contribution in [3.63, 3.8) is 0 Å². The van der Waals surface area contributed by atoms with Crippen LogP contribution in [0.25, 0.3) is 0 Å². The average Bonchev–Trinajstić information content (AvgIpc) is 2.37. The molecule has 1 aliphatic carbocycles. The highest BCUT2D eigenvalue weighted by molar-refractivity contribution is 7.89. The van der Waals surface area contributed by atoms with Crippen molar-refractivity contribution in [1.29, 1.82) is 0 Å². The maximum atomic E-state index is 12.3. The Bertz CT molecular complexity index is 577. The molecule has 0 atom stereocenters. The molecular formula is C14H21ClN2O2S. The van der Waals surface area contributed by atoms with Gasteiger partial charge in [-0.15, -0.1) is 0 Å². The van der Waals surface area contributed by atoms with E-state index in [1.54, 1.807) is 12.1 Å². The first-order valence-corrected chi connectivity index (χ1v) is 8.77. The Morgan fingerprint density at radius 1 is 1.40 bits per heavy atom. The van der Waals surface area contributed by atoms with Gasteiger partial charge in [-0.1, -0.05) is 31.0 Å². The van der Waals surface area contributed by atoms with E-state index in [0.29, 0.717) is 13.1 Å². The molecule has 1 aromatic rings. The lowest BCUT2D eigenvalue weighted by molar-refractivity contribution is 0.133. The summed E-state index contributed by atoms with van der Waals surface area (Å²) < 4.78 is 27.4. The molecule has 1 fully saturated rings. The maximum absolute atomic E-state index is 12.3. The van der Waals surface area contributed by atoms with Gasteiger partial charge in [0.15, 0.2) is 0 Å². The number of sulfonamides is 1. The number of nitrogens with two attached hydrogens (primary N) is 1. The van der Waals surface area contributed by atoms with Crippen LogP contribution in [0.3, 0.4) is 0 Å². The van der Waals surface area contributed by atoms with E-state index in [2.05, 4.69) is 11.6 Å². The van der Waals surface area contributed by atoms with Crippen LogP contribution in [0.2, 0.25) is 5.02 Å². The van der Waals surface area contributed by atoms with Gasteiger partial charge >= 0.3 is 0 Å². The Labute approximate surface area is 125 Å². The molecule has 0 unspecified atom stereocenters. The minimum atomic E-state index is -3.56. The van der Waals surface area contributed by atoms with Crippen LogP contribution in [0.15, 0.2) is 23.1 Å². The summed E-state index contributed by atoms with van der Waals surface area (Å²) >= 11 is 6.05. The Morgan fingerprint density at radius 2 is 2.10 bits per heavy atom. The molecule has 6 heteroatoms. The summed E-state index contributed by atoms with van der Waals surface area (Å²) in [4.78, 5) is 0.127. The predicted octanol–water partition coefficient (Wildman–Crippen LogP) is 2.66. The molecule has 0 bridgehead atoms. The van der Waals surface area contributed by atoms with Gasteiger partial charge in [0, 0.05) is 13.1 Å². The second kappa shape index (κ2) is 6.02. The first-order chi connectivity index (χ1) is 9.42. The third-order valence-corrected chi connectivity index (χ3v) is 6.21. The smallest absolute Gasteiger partial charge is 0.242 e. The number of hydrogen-bond acceptors (Lipinski definition) is 3. The number of nitrogens with one attached hydrogen (secondary N) is 1. The van der Waals surface area contributed by atoms with Gasteiger partial charge < -0.3 is 5.73 Å². The Hall–Kier alpha value is -0.620. The normalized spacial score (nSPS) is 17.8. The fraction of sp³-hybridized carbons (Fsp3) is 0.571. The highest BCUT2D eigenvalue weighted by atomic mass is 35.5. The van der Waals surface area contributed by atoms with E-state index in [1.807, 2.05) is 0 Å². The second-order valence-corrected chi connectivity index (χ2v) is 7.64. The topological polar surface area (TPSA) is 72.2 Å². The van der Waals surface area contributed by atoms with E-state index in [0.717, 1.165) is 24.8 Å². The Kier molecular flexibility index (Phi) is 4.74. The van der Waals surface area contributed by atoms with Crippen molar-refractivity contribution < 1.29 is 8.42 Å². The van der Waals surface area contributed by atoms with Crippen LogP contribution in [-0.2, 0) is 16.6 Å². The second-order valence-electron chi connectivity index (χ2n) is 5.50. The van der Waals surface area contributed by atoms with Gasteiger partial charge in [0.2, 0.25) is 10.0 Å². The largest absolute Gasteiger partial charge is 0.326 e. The first-order valence-electron chi connectivity index (χ1n) is 6.91. The number of halogens is 1. The van der Waals surface area contributed by atoms with Crippen LogP contribution in [0.5, 0.6) is 0 Å². The van der Waals surface area contributed by atoms with E-state index in [1.165, 1.54) is 12.5 Å². The van der Waals surface area contributed by atoms with Crippen LogP contribution in [0, 0.1) is 5.41 Å². The molecule has 1 aliphatic rings. The zero-order chi connectivity index (χ0) is 14.8. The molecule has 0 aromatic heterocycles. The summed E-state index contributed by atoms with van der Waals surface area (Å²) in [5, 5.41) is 0.222. The van der Waals surface area contributed by atoms with Gasteiger partial charge in [-0.25, -0.2) is 13.1 Å². The standard InChI is InChI=1S/C14H21ClN2O2S/c1-2-14(6-3-7-14)10-17-20(18,19)13-5-4-11(9-16)8-12(13)15/h4-5,8,17H,2-3,6-7,9-10,16H2,1H3. The molecule has 0 radical (unpaired) electrons. The summed E-state index contributed by atoms with van der Waals surface area (Å²) in [6.07, 6.45) is 4.36. The molecule has 112 valence electrons. The van der Waals surface area contributed by atoms with Crippen molar-refractivity contribution in [3.05, 3.63) is 28.8 Å². The average molecular weight is 317 g/mol. The molecule has 0 amide bonds. The molecule has 0 spiro atoms. The highest BCUT2D eigenvalue weighted by Gasteiger charge is 2.36. The summed E-state index contributed by atoms with van der Waals surface area (Å²) in [5.41, 5.74) is 6.47. The minimum Gasteiger partial charge on any atom is -0.326 e. The SMILES string of the molecule is CCC1(CNS(=O)(=O)c2ccc(CN)cc2Cl)CCC1. The number of rotatable bonds is 6. The van der Waals surface area contributed by atoms with E-state index in [-0.39, 0.29) is 15.3 Å². The van der Waals surface area contributed by atoms with Gasteiger partial charge in [-0.2, -0.15) is 0 Å². The third kappa shape index (κ3) is 3.17. The van der Waals surface area contributed by atoms with Gasteiger partial charge in [-0.05, 0) is 42.4 Å². The van der Waals surface area contributed by atoms with Crippen molar-refractivity contribution in [2.75, 3.05) is 6.54 Å². The maximum Gasteiger partial charge on any atom is 0.242 e. The molecule has 0 saturated heterocycles. The lowest BCUT2D eigenvalue weighted by Crippen LogP contribution is -2.41. The molecular weight excluding hydrogens is 296 g/mol. The number of benzene rings is 1. The van der Waals surface area contributed by atoms with Crippen molar-refractivity contribution in [2.24, 2.45) is 11.1 Å². The van der Waals surface area contributed by atoms with Gasteiger partial charge in [0.25, 0.3) is 0 Å². The molecule has 0 heterocycles. The quantitative estimate of drug-likeness (QED) is 0.847. The van der Waals surface area contributed by atoms with Crippen molar-refractivity contribution in [2.45, 2.75) is 44.0 Å². The summed E-state index contributed by atoms with van der Waals surface area (Å²) in [5.74, 6) is 0. The highest BCUT2D eigenvalue weighted by Crippen LogP contribution is 2.43. The number of hydrogen-bond donors (Lipinski definition) is 2. The third-order valence-electron chi connectivity index (χ3n) is 4.32. The molecule has 1 saturated carbocycles. The molecule has 20 heavy (non-hydrogen) atoms. The monoisotopic (exact) mass is 316 g/mol. The van der Waals surface area contributed by atoms with E-state index in [4.69, 9.17) is 17.3 Å². The molecule has 1 aromatic carbocycles. The van der Waals surface area contributed by atoms with Crippen LogP contribution in [-0.4, -0.2) is 15.0 Å². The summed E-state index contributed by atoms with van der Waals surface area (Å²) in [6.45, 7) is 2.93. The lowest BCUT2D eigenvalue weighted by Gasteiger charge is -2.41. The fourth-order valence-electron chi connectivity index (χ4n) is 2.55. The van der Waals surface area contributed by atoms with Crippen LogP contribution in [0.1, 0.15) is 38.2 Å². The first kappa shape index (κ1) is 15.8.